The molecule has 0 fully saturated rings. The number of imidazole rings is 1. The molecule has 2 aromatic heterocycles. The van der Waals surface area contributed by atoms with Crippen molar-refractivity contribution in [2.24, 2.45) is 7.05 Å². The maximum atomic E-state index is 12.6. The number of thioether (sulfide) groups is 1. The Morgan fingerprint density at radius 1 is 1.15 bits per heavy atom. The lowest BCUT2D eigenvalue weighted by Crippen LogP contribution is -2.30. The maximum Gasteiger partial charge on any atom is 0.329 e. The van der Waals surface area contributed by atoms with Crippen LogP contribution in [0.15, 0.2) is 69.3 Å². The number of H-pyrrole nitrogens is 1. The predicted molar refractivity (Wildman–Crippen MR) is 130 cm³/mol. The Morgan fingerprint density at radius 2 is 1.85 bits per heavy atom. The summed E-state index contributed by atoms with van der Waals surface area (Å²) in [5.74, 6) is 0.630. The van der Waals surface area contributed by atoms with Crippen LogP contribution in [0.2, 0.25) is 0 Å². The molecule has 1 atom stereocenters. The van der Waals surface area contributed by atoms with E-state index in [9.17, 15) is 19.5 Å². The Balaban J connectivity index is 1.61. The molecule has 0 aliphatic carbocycles. The molecule has 0 spiro atoms. The number of carbonyl (C=O) groups is 1. The first kappa shape index (κ1) is 23.5. The van der Waals surface area contributed by atoms with Crippen molar-refractivity contribution < 1.29 is 14.6 Å². The Bertz CT molecular complexity index is 1440. The topological polar surface area (TPSA) is 119 Å². The maximum absolute atomic E-state index is 12.6. The van der Waals surface area contributed by atoms with Crippen molar-refractivity contribution in [1.29, 1.82) is 0 Å². The highest BCUT2D eigenvalue weighted by molar-refractivity contribution is 7.99. The highest BCUT2D eigenvalue weighted by Crippen LogP contribution is 2.23. The van der Waals surface area contributed by atoms with E-state index in [0.717, 1.165) is 17.3 Å². The Kier molecular flexibility index (Phi) is 6.99. The van der Waals surface area contributed by atoms with Crippen molar-refractivity contribution in [1.82, 2.24) is 19.1 Å². The Labute approximate surface area is 199 Å². The molecular weight excluding hydrogens is 456 g/mol. The third-order valence-corrected chi connectivity index (χ3v) is 6.29. The van der Waals surface area contributed by atoms with Gasteiger partial charge in [-0.1, -0.05) is 60.3 Å². The number of Topliss-reactive ketones (excluding diaryl/α,β-unsaturated/α-hetero) is 1. The fraction of sp³-hybridized carbons (Fsp3) is 0.250. The summed E-state index contributed by atoms with van der Waals surface area (Å²) in [7, 11) is 1.50. The van der Waals surface area contributed by atoms with Crippen LogP contribution in [0.4, 0.5) is 0 Å². The molecule has 0 saturated heterocycles. The van der Waals surface area contributed by atoms with Crippen LogP contribution in [0.1, 0.15) is 15.9 Å². The summed E-state index contributed by atoms with van der Waals surface area (Å²) in [6.07, 6.45) is -0.974. The fourth-order valence-corrected chi connectivity index (χ4v) is 4.40. The molecule has 4 rings (SSSR count). The number of aliphatic hydroxyl groups excluding tert-OH is 1. The van der Waals surface area contributed by atoms with Crippen molar-refractivity contribution in [3.05, 3.63) is 86.6 Å². The summed E-state index contributed by atoms with van der Waals surface area (Å²) < 4.78 is 8.50. The van der Waals surface area contributed by atoms with Gasteiger partial charge < -0.3 is 14.4 Å². The molecule has 10 heteroatoms. The van der Waals surface area contributed by atoms with Crippen molar-refractivity contribution >= 4 is 28.7 Å². The molecule has 2 heterocycles. The number of carbonyl (C=O) groups excluding carboxylic acids is 1. The van der Waals surface area contributed by atoms with Crippen LogP contribution in [0.5, 0.6) is 5.75 Å². The molecule has 0 amide bonds. The van der Waals surface area contributed by atoms with Crippen molar-refractivity contribution in [2.45, 2.75) is 24.7 Å². The lowest BCUT2D eigenvalue weighted by atomic mass is 10.2. The number of aromatic nitrogens is 4. The summed E-state index contributed by atoms with van der Waals surface area (Å²) in [5, 5.41) is 11.0. The van der Waals surface area contributed by atoms with Gasteiger partial charge in [-0.3, -0.25) is 19.1 Å². The first-order chi connectivity index (χ1) is 16.3. The molecule has 0 radical (unpaired) electrons. The largest absolute Gasteiger partial charge is 0.491 e. The summed E-state index contributed by atoms with van der Waals surface area (Å²) in [4.78, 5) is 44.0. The molecule has 1 unspecified atom stereocenters. The van der Waals surface area contributed by atoms with Crippen LogP contribution in [-0.2, 0) is 13.6 Å². The average Bonchev–Trinajstić information content (AvgIpc) is 3.19. The monoisotopic (exact) mass is 480 g/mol. The summed E-state index contributed by atoms with van der Waals surface area (Å²) in [6, 6.07) is 16.3. The summed E-state index contributed by atoms with van der Waals surface area (Å²) >= 11 is 1.14. The lowest BCUT2D eigenvalue weighted by Gasteiger charge is -2.16. The standard InChI is InChI=1S/C24H24N4O5S/c1-15-8-6-7-11-19(15)33-13-17(29)12-28-20-21(27(2)23(32)26-22(20)31)25-24(28)34-14-18(30)16-9-4-3-5-10-16/h3-11,17,29H,12-14H2,1-2H3,(H,26,31,32). The van der Waals surface area contributed by atoms with Crippen LogP contribution >= 0.6 is 11.8 Å². The third kappa shape index (κ3) is 4.97. The van der Waals surface area contributed by atoms with Gasteiger partial charge >= 0.3 is 5.69 Å². The third-order valence-electron chi connectivity index (χ3n) is 5.32. The van der Waals surface area contributed by atoms with Gasteiger partial charge in [0.15, 0.2) is 22.1 Å². The van der Waals surface area contributed by atoms with Gasteiger partial charge in [0.2, 0.25) is 0 Å². The van der Waals surface area contributed by atoms with E-state index in [1.807, 2.05) is 37.3 Å². The second kappa shape index (κ2) is 10.1. The van der Waals surface area contributed by atoms with Gasteiger partial charge in [-0.15, -0.1) is 0 Å². The number of ether oxygens (including phenoxy) is 1. The number of ketones is 1. The number of nitrogens with zero attached hydrogens (tertiary/aromatic N) is 3. The number of rotatable bonds is 9. The lowest BCUT2D eigenvalue weighted by molar-refractivity contribution is 0.0910. The summed E-state index contributed by atoms with van der Waals surface area (Å²) in [6.45, 7) is 1.89. The quantitative estimate of drug-likeness (QED) is 0.278. The number of fused-ring (bicyclic) bond motifs is 1. The van der Waals surface area contributed by atoms with E-state index in [0.29, 0.717) is 16.5 Å². The molecule has 4 aromatic rings. The number of aryl methyl sites for hydroxylation is 2. The number of benzene rings is 2. The number of aromatic amines is 1. The van der Waals surface area contributed by atoms with Crippen molar-refractivity contribution in [3.8, 4) is 5.75 Å². The van der Waals surface area contributed by atoms with E-state index in [2.05, 4.69) is 9.97 Å². The van der Waals surface area contributed by atoms with Crippen LogP contribution < -0.4 is 16.0 Å². The van der Waals surface area contributed by atoms with Crippen LogP contribution in [0.3, 0.4) is 0 Å². The SMILES string of the molecule is Cc1ccccc1OCC(O)Cn1c(SCC(=O)c2ccccc2)nc2c1c(=O)[nH]c(=O)n2C. The molecule has 2 aromatic carbocycles. The number of hydrogen-bond acceptors (Lipinski definition) is 7. The fourth-order valence-electron chi connectivity index (χ4n) is 3.50. The Morgan fingerprint density at radius 3 is 2.59 bits per heavy atom. The van der Waals surface area contributed by atoms with E-state index < -0.39 is 17.4 Å². The van der Waals surface area contributed by atoms with Crippen molar-refractivity contribution in [2.75, 3.05) is 12.4 Å². The zero-order chi connectivity index (χ0) is 24.2. The molecule has 34 heavy (non-hydrogen) atoms. The molecule has 2 N–H and O–H groups in total. The predicted octanol–water partition coefficient (Wildman–Crippen LogP) is 2.15. The van der Waals surface area contributed by atoms with Crippen LogP contribution in [-0.4, -0.2) is 48.5 Å². The van der Waals surface area contributed by atoms with Crippen LogP contribution in [0, 0.1) is 6.92 Å². The number of hydrogen-bond donors (Lipinski definition) is 2. The number of aliphatic hydroxyl groups is 1. The Hall–Kier alpha value is -3.63. The molecule has 9 nitrogen and oxygen atoms in total. The van der Waals surface area contributed by atoms with E-state index in [-0.39, 0.29) is 35.9 Å². The zero-order valence-electron chi connectivity index (χ0n) is 18.7. The van der Waals surface area contributed by atoms with Crippen molar-refractivity contribution in [3.63, 3.8) is 0 Å². The van der Waals surface area contributed by atoms with Gasteiger partial charge in [0, 0.05) is 12.6 Å². The van der Waals surface area contributed by atoms with Gasteiger partial charge in [-0.05, 0) is 18.6 Å². The molecule has 0 saturated carbocycles. The molecule has 0 aliphatic rings. The molecular formula is C24H24N4O5S. The molecule has 176 valence electrons. The second-order valence-corrected chi connectivity index (χ2v) is 8.75. The minimum absolute atomic E-state index is 0.00841. The van der Waals surface area contributed by atoms with Gasteiger partial charge in [0.1, 0.15) is 18.5 Å². The highest BCUT2D eigenvalue weighted by Gasteiger charge is 2.21. The second-order valence-electron chi connectivity index (χ2n) is 7.80. The summed E-state index contributed by atoms with van der Waals surface area (Å²) in [5.41, 5.74) is 0.614. The first-order valence-corrected chi connectivity index (χ1v) is 11.6. The van der Waals surface area contributed by atoms with Gasteiger partial charge in [0.05, 0.1) is 12.3 Å². The van der Waals surface area contributed by atoms with E-state index >= 15 is 0 Å². The number of para-hydroxylation sites is 1. The number of nitrogens with one attached hydrogen (secondary N) is 1. The molecule has 0 bridgehead atoms. The van der Waals surface area contributed by atoms with E-state index in [1.54, 1.807) is 24.3 Å². The first-order valence-electron chi connectivity index (χ1n) is 10.6. The average molecular weight is 481 g/mol. The van der Waals surface area contributed by atoms with Crippen LogP contribution in [0.25, 0.3) is 11.2 Å². The minimum atomic E-state index is -0.974. The zero-order valence-corrected chi connectivity index (χ0v) is 19.5. The smallest absolute Gasteiger partial charge is 0.329 e. The molecule has 0 aliphatic heterocycles. The van der Waals surface area contributed by atoms with Gasteiger partial charge in [-0.2, -0.15) is 0 Å². The van der Waals surface area contributed by atoms with E-state index in [1.165, 1.54) is 16.2 Å². The van der Waals surface area contributed by atoms with Gasteiger partial charge in [-0.25, -0.2) is 9.78 Å². The minimum Gasteiger partial charge on any atom is -0.491 e. The van der Waals surface area contributed by atoms with E-state index in [4.69, 9.17) is 4.74 Å². The normalized spacial score (nSPS) is 12.1. The van der Waals surface area contributed by atoms with Gasteiger partial charge in [0.25, 0.3) is 5.56 Å². The highest BCUT2D eigenvalue weighted by atomic mass is 32.2.